The predicted octanol–water partition coefficient (Wildman–Crippen LogP) is 3.21. The Morgan fingerprint density at radius 3 is 2.75 bits per heavy atom. The van der Waals surface area contributed by atoms with Crippen LogP contribution < -0.4 is 5.32 Å². The van der Waals surface area contributed by atoms with Crippen LogP contribution in [-0.2, 0) is 10.0 Å². The van der Waals surface area contributed by atoms with Crippen molar-refractivity contribution in [3.8, 4) is 0 Å². The SMILES string of the molecule is CC(C)S(=O)(=O)n1cc(C(=O)C2CSC(c3cccnc3)N2)c2ccccc21. The van der Waals surface area contributed by atoms with Crippen LogP contribution in [0.3, 0.4) is 0 Å². The molecule has 0 bridgehead atoms. The van der Waals surface area contributed by atoms with Crippen LogP contribution in [0.15, 0.2) is 55.0 Å². The summed E-state index contributed by atoms with van der Waals surface area (Å²) >= 11 is 1.65. The summed E-state index contributed by atoms with van der Waals surface area (Å²) in [6, 6.07) is 10.6. The second kappa shape index (κ2) is 7.35. The fourth-order valence-corrected chi connectivity index (χ4v) is 5.68. The lowest BCUT2D eigenvalue weighted by Crippen LogP contribution is -2.34. The Morgan fingerprint density at radius 2 is 2.04 bits per heavy atom. The zero-order valence-electron chi connectivity index (χ0n) is 15.6. The maximum atomic E-state index is 13.2. The van der Waals surface area contributed by atoms with Gasteiger partial charge in [-0.2, -0.15) is 0 Å². The zero-order valence-corrected chi connectivity index (χ0v) is 17.2. The number of hydrogen-bond acceptors (Lipinski definition) is 6. The van der Waals surface area contributed by atoms with Crippen molar-refractivity contribution in [1.29, 1.82) is 0 Å². The van der Waals surface area contributed by atoms with Crippen LogP contribution in [0.5, 0.6) is 0 Å². The van der Waals surface area contributed by atoms with Gasteiger partial charge in [-0.25, -0.2) is 12.4 Å². The number of fused-ring (bicyclic) bond motifs is 1. The molecule has 2 aromatic heterocycles. The van der Waals surface area contributed by atoms with E-state index >= 15 is 0 Å². The maximum absolute atomic E-state index is 13.2. The molecule has 0 amide bonds. The van der Waals surface area contributed by atoms with E-state index in [4.69, 9.17) is 0 Å². The van der Waals surface area contributed by atoms with Gasteiger partial charge in [-0.1, -0.05) is 24.3 Å². The lowest BCUT2D eigenvalue weighted by molar-refractivity contribution is 0.0957. The highest BCUT2D eigenvalue weighted by atomic mass is 32.2. The third-order valence-corrected chi connectivity index (χ3v) is 8.21. The molecule has 6 nitrogen and oxygen atoms in total. The fourth-order valence-electron chi connectivity index (χ4n) is 3.32. The number of rotatable bonds is 5. The summed E-state index contributed by atoms with van der Waals surface area (Å²) in [5.74, 6) is 0.530. The summed E-state index contributed by atoms with van der Waals surface area (Å²) in [6.07, 6.45) is 4.99. The van der Waals surface area contributed by atoms with Gasteiger partial charge in [0.2, 0.25) is 10.0 Å². The van der Waals surface area contributed by atoms with Crippen LogP contribution in [0.2, 0.25) is 0 Å². The number of carbonyl (C=O) groups excluding carboxylic acids is 1. The Balaban J connectivity index is 1.69. The number of ketones is 1. The Hall–Kier alpha value is -2.16. The summed E-state index contributed by atoms with van der Waals surface area (Å²) < 4.78 is 26.8. The summed E-state index contributed by atoms with van der Waals surface area (Å²) in [6.45, 7) is 3.28. The van der Waals surface area contributed by atoms with E-state index in [-0.39, 0.29) is 17.2 Å². The van der Waals surface area contributed by atoms with E-state index in [0.717, 1.165) is 5.56 Å². The summed E-state index contributed by atoms with van der Waals surface area (Å²) in [5, 5.41) is 3.43. The minimum Gasteiger partial charge on any atom is -0.292 e. The molecule has 1 aromatic carbocycles. The highest BCUT2D eigenvalue weighted by Gasteiger charge is 2.33. The minimum atomic E-state index is -3.56. The van der Waals surface area contributed by atoms with Gasteiger partial charge in [-0.15, -0.1) is 11.8 Å². The van der Waals surface area contributed by atoms with E-state index in [0.29, 0.717) is 22.2 Å². The van der Waals surface area contributed by atoms with Crippen LogP contribution in [0, 0.1) is 0 Å². The van der Waals surface area contributed by atoms with E-state index < -0.39 is 15.3 Å². The average molecular weight is 416 g/mol. The number of nitrogens with zero attached hydrogens (tertiary/aromatic N) is 2. The summed E-state index contributed by atoms with van der Waals surface area (Å²) in [5.41, 5.74) is 1.99. The number of para-hydroxylation sites is 1. The second-order valence-corrected chi connectivity index (χ2v) is 10.5. The number of carbonyl (C=O) groups is 1. The van der Waals surface area contributed by atoms with Crippen molar-refractivity contribution in [3.05, 3.63) is 66.1 Å². The largest absolute Gasteiger partial charge is 0.292 e. The average Bonchev–Trinajstić information content (AvgIpc) is 3.34. The van der Waals surface area contributed by atoms with Crippen LogP contribution in [-0.4, -0.2) is 40.2 Å². The lowest BCUT2D eigenvalue weighted by Gasteiger charge is -2.12. The smallest absolute Gasteiger partial charge is 0.241 e. The molecule has 1 fully saturated rings. The number of pyridine rings is 1. The molecule has 1 aliphatic heterocycles. The van der Waals surface area contributed by atoms with Gasteiger partial charge in [0.15, 0.2) is 5.78 Å². The highest BCUT2D eigenvalue weighted by molar-refractivity contribution is 7.99. The molecule has 1 saturated heterocycles. The molecule has 3 aromatic rings. The van der Waals surface area contributed by atoms with Gasteiger partial charge in [0, 0.05) is 35.3 Å². The molecular formula is C20H21N3O3S2. The van der Waals surface area contributed by atoms with E-state index in [1.165, 1.54) is 10.2 Å². The number of benzene rings is 1. The van der Waals surface area contributed by atoms with Crippen LogP contribution in [0.4, 0.5) is 0 Å². The van der Waals surface area contributed by atoms with Crippen molar-refractivity contribution in [3.63, 3.8) is 0 Å². The second-order valence-electron chi connectivity index (χ2n) is 7.03. The first-order valence-electron chi connectivity index (χ1n) is 9.06. The Morgan fingerprint density at radius 1 is 1.25 bits per heavy atom. The van der Waals surface area contributed by atoms with E-state index in [1.54, 1.807) is 56.2 Å². The van der Waals surface area contributed by atoms with Crippen LogP contribution >= 0.6 is 11.8 Å². The van der Waals surface area contributed by atoms with E-state index in [1.807, 2.05) is 18.2 Å². The fraction of sp³-hybridized carbons (Fsp3) is 0.300. The standard InChI is InChI=1S/C20H21N3O3S2/c1-13(2)28(25,26)23-11-16(15-7-3-4-8-18(15)23)19(24)17-12-27-20(22-17)14-6-5-9-21-10-14/h3-11,13,17,20,22H,12H2,1-2H3. The van der Waals surface area contributed by atoms with Gasteiger partial charge in [0.1, 0.15) is 0 Å². The normalized spacial score (nSPS) is 20.1. The highest BCUT2D eigenvalue weighted by Crippen LogP contribution is 2.34. The van der Waals surface area contributed by atoms with Crippen molar-refractivity contribution >= 4 is 38.5 Å². The predicted molar refractivity (Wildman–Crippen MR) is 112 cm³/mol. The molecule has 0 aliphatic carbocycles. The van der Waals surface area contributed by atoms with Gasteiger partial charge in [-0.05, 0) is 31.5 Å². The van der Waals surface area contributed by atoms with Gasteiger partial charge in [0.05, 0.1) is 22.2 Å². The molecule has 1 N–H and O–H groups in total. The Kier molecular flexibility index (Phi) is 5.03. The van der Waals surface area contributed by atoms with Crippen molar-refractivity contribution in [1.82, 2.24) is 14.3 Å². The molecule has 146 valence electrons. The Labute approximate surface area is 168 Å². The maximum Gasteiger partial charge on any atom is 0.241 e. The topological polar surface area (TPSA) is 81.1 Å². The molecule has 2 unspecified atom stereocenters. The van der Waals surface area contributed by atoms with Crippen molar-refractivity contribution in [2.75, 3.05) is 5.75 Å². The third-order valence-electron chi connectivity index (χ3n) is 4.90. The molecular weight excluding hydrogens is 394 g/mol. The molecule has 0 saturated carbocycles. The first kappa shape index (κ1) is 19.2. The van der Waals surface area contributed by atoms with Gasteiger partial charge < -0.3 is 0 Å². The quantitative estimate of drug-likeness (QED) is 0.645. The van der Waals surface area contributed by atoms with E-state index in [2.05, 4.69) is 10.3 Å². The summed E-state index contributed by atoms with van der Waals surface area (Å²) in [7, 11) is -3.56. The number of nitrogens with one attached hydrogen (secondary N) is 1. The molecule has 0 spiro atoms. The van der Waals surface area contributed by atoms with E-state index in [9.17, 15) is 13.2 Å². The van der Waals surface area contributed by atoms with Gasteiger partial charge in [0.25, 0.3) is 0 Å². The van der Waals surface area contributed by atoms with Crippen molar-refractivity contribution in [2.24, 2.45) is 0 Å². The lowest BCUT2D eigenvalue weighted by atomic mass is 10.0. The van der Waals surface area contributed by atoms with Crippen molar-refractivity contribution < 1.29 is 13.2 Å². The first-order chi connectivity index (χ1) is 13.4. The molecule has 28 heavy (non-hydrogen) atoms. The molecule has 8 heteroatoms. The summed E-state index contributed by atoms with van der Waals surface area (Å²) in [4.78, 5) is 17.4. The monoisotopic (exact) mass is 415 g/mol. The van der Waals surface area contributed by atoms with Gasteiger partial charge >= 0.3 is 0 Å². The number of aromatic nitrogens is 2. The first-order valence-corrected chi connectivity index (χ1v) is 11.6. The third kappa shape index (κ3) is 3.25. The molecule has 2 atom stereocenters. The molecule has 0 radical (unpaired) electrons. The molecule has 4 rings (SSSR count). The van der Waals surface area contributed by atoms with Crippen LogP contribution in [0.1, 0.15) is 35.1 Å². The molecule has 1 aliphatic rings. The van der Waals surface area contributed by atoms with Crippen molar-refractivity contribution in [2.45, 2.75) is 30.5 Å². The number of thioether (sulfide) groups is 1. The zero-order chi connectivity index (χ0) is 19.9. The van der Waals surface area contributed by atoms with Gasteiger partial charge in [-0.3, -0.25) is 15.1 Å². The van der Waals surface area contributed by atoms with Crippen LogP contribution in [0.25, 0.3) is 10.9 Å². The number of hydrogen-bond donors (Lipinski definition) is 1. The minimum absolute atomic E-state index is 0.00426. The number of Topliss-reactive ketones (excluding diaryl/α,β-unsaturated/α-hetero) is 1. The Bertz CT molecular complexity index is 1120. The molecule has 3 heterocycles.